The first-order valence-electron chi connectivity index (χ1n) is 10.3. The second-order valence-corrected chi connectivity index (χ2v) is 9.51. The molecular formula is C22H20N8OS2. The Hall–Kier alpha value is -3.46. The third-order valence-electron chi connectivity index (χ3n) is 5.45. The second kappa shape index (κ2) is 9.19. The SMILES string of the molecule is CNC(=O)c1cnc(-c2cnc3[nH]ccc3c2N[C@H]2C[C@H](NSc3cc(C#N)ccn3)C2)s1. The minimum absolute atomic E-state index is 0.149. The number of amides is 1. The molecular weight excluding hydrogens is 456 g/mol. The molecule has 0 spiro atoms. The molecule has 4 N–H and O–H groups in total. The Morgan fingerprint density at radius 3 is 2.94 bits per heavy atom. The van der Waals surface area contributed by atoms with Crippen molar-refractivity contribution in [2.24, 2.45) is 0 Å². The van der Waals surface area contributed by atoms with Gasteiger partial charge in [-0.05, 0) is 43.0 Å². The van der Waals surface area contributed by atoms with Gasteiger partial charge in [0.1, 0.15) is 20.6 Å². The van der Waals surface area contributed by atoms with Gasteiger partial charge in [0, 0.05) is 43.1 Å². The van der Waals surface area contributed by atoms with Gasteiger partial charge in [0.25, 0.3) is 5.91 Å². The highest BCUT2D eigenvalue weighted by molar-refractivity contribution is 7.97. The molecule has 4 aromatic heterocycles. The van der Waals surface area contributed by atoms with Crippen LogP contribution in [0.5, 0.6) is 0 Å². The minimum Gasteiger partial charge on any atom is -0.381 e. The molecule has 0 unspecified atom stereocenters. The number of fused-ring (bicyclic) bond motifs is 1. The van der Waals surface area contributed by atoms with Gasteiger partial charge in [0.2, 0.25) is 0 Å². The average molecular weight is 477 g/mol. The number of nitriles is 1. The number of anilines is 1. The Labute approximate surface area is 198 Å². The standard InChI is InChI=1S/C22H20N8OS2/c1-24-21(31)17-11-28-22(32-17)16-10-27-20-15(3-5-26-20)19(16)29-13-7-14(8-13)30-33-18-6-12(9-23)2-4-25-18/h2-6,10-11,13-14,30H,7-8H2,1H3,(H,24,31)(H2,26,27,29)/t13-,14-. The van der Waals surface area contributed by atoms with E-state index in [1.165, 1.54) is 23.3 Å². The fourth-order valence-electron chi connectivity index (χ4n) is 3.67. The molecule has 11 heteroatoms. The van der Waals surface area contributed by atoms with E-state index < -0.39 is 0 Å². The summed E-state index contributed by atoms with van der Waals surface area (Å²) < 4.78 is 3.43. The van der Waals surface area contributed by atoms with E-state index in [1.54, 1.807) is 37.8 Å². The summed E-state index contributed by atoms with van der Waals surface area (Å²) in [5.74, 6) is -0.149. The molecule has 0 aliphatic heterocycles. The number of nitrogens with zero attached hydrogens (tertiary/aromatic N) is 4. The van der Waals surface area contributed by atoms with Crippen LogP contribution in [0.4, 0.5) is 5.69 Å². The largest absolute Gasteiger partial charge is 0.381 e. The molecule has 1 aliphatic rings. The highest BCUT2D eigenvalue weighted by Crippen LogP contribution is 2.38. The summed E-state index contributed by atoms with van der Waals surface area (Å²) in [6.45, 7) is 0. The van der Waals surface area contributed by atoms with Crippen LogP contribution in [-0.2, 0) is 0 Å². The number of aromatic nitrogens is 4. The van der Waals surface area contributed by atoms with Crippen LogP contribution in [0.1, 0.15) is 28.1 Å². The van der Waals surface area contributed by atoms with Gasteiger partial charge < -0.3 is 15.6 Å². The van der Waals surface area contributed by atoms with Crippen molar-refractivity contribution in [3.63, 3.8) is 0 Å². The van der Waals surface area contributed by atoms with Crippen LogP contribution in [0.2, 0.25) is 0 Å². The molecule has 166 valence electrons. The van der Waals surface area contributed by atoms with Crippen molar-refractivity contribution >= 4 is 45.9 Å². The molecule has 4 heterocycles. The van der Waals surface area contributed by atoms with Gasteiger partial charge in [0.05, 0.1) is 29.1 Å². The zero-order valence-corrected chi connectivity index (χ0v) is 19.3. The normalized spacial score (nSPS) is 17.3. The van der Waals surface area contributed by atoms with Gasteiger partial charge in [-0.2, -0.15) is 5.26 Å². The van der Waals surface area contributed by atoms with Gasteiger partial charge in [-0.25, -0.2) is 15.0 Å². The van der Waals surface area contributed by atoms with Crippen LogP contribution < -0.4 is 15.4 Å². The topological polar surface area (TPSA) is 131 Å². The van der Waals surface area contributed by atoms with Crippen LogP contribution in [0.15, 0.2) is 48.0 Å². The lowest BCUT2D eigenvalue weighted by Crippen LogP contribution is -2.45. The van der Waals surface area contributed by atoms with E-state index in [9.17, 15) is 4.79 Å². The van der Waals surface area contributed by atoms with Crippen molar-refractivity contribution in [3.8, 4) is 16.6 Å². The molecule has 1 amide bonds. The smallest absolute Gasteiger partial charge is 0.262 e. The summed E-state index contributed by atoms with van der Waals surface area (Å²) in [4.78, 5) is 29.0. The second-order valence-electron chi connectivity index (χ2n) is 7.62. The summed E-state index contributed by atoms with van der Waals surface area (Å²) in [7, 11) is 1.61. The lowest BCUT2D eigenvalue weighted by atomic mass is 9.87. The number of carbonyl (C=O) groups is 1. The zero-order valence-electron chi connectivity index (χ0n) is 17.6. The number of H-pyrrole nitrogens is 1. The number of aromatic amines is 1. The van der Waals surface area contributed by atoms with Crippen LogP contribution >= 0.6 is 23.3 Å². The molecule has 0 saturated heterocycles. The number of hydrogen-bond acceptors (Lipinski definition) is 9. The van der Waals surface area contributed by atoms with Crippen molar-refractivity contribution in [3.05, 3.63) is 53.4 Å². The summed E-state index contributed by atoms with van der Waals surface area (Å²) >= 11 is 2.80. The summed E-state index contributed by atoms with van der Waals surface area (Å²) in [5.41, 5.74) is 3.26. The molecule has 0 radical (unpaired) electrons. The van der Waals surface area contributed by atoms with Crippen molar-refractivity contribution in [2.45, 2.75) is 30.0 Å². The molecule has 33 heavy (non-hydrogen) atoms. The van der Waals surface area contributed by atoms with Crippen molar-refractivity contribution in [2.75, 3.05) is 12.4 Å². The lowest BCUT2D eigenvalue weighted by Gasteiger charge is -2.37. The van der Waals surface area contributed by atoms with Gasteiger partial charge in [-0.15, -0.1) is 11.3 Å². The van der Waals surface area contributed by atoms with Crippen molar-refractivity contribution in [1.29, 1.82) is 5.26 Å². The number of pyridine rings is 2. The molecule has 1 saturated carbocycles. The maximum atomic E-state index is 12.0. The molecule has 9 nitrogen and oxygen atoms in total. The maximum absolute atomic E-state index is 12.0. The van der Waals surface area contributed by atoms with E-state index in [0.717, 1.165) is 45.2 Å². The van der Waals surface area contributed by atoms with E-state index >= 15 is 0 Å². The van der Waals surface area contributed by atoms with Gasteiger partial charge in [0.15, 0.2) is 0 Å². The van der Waals surface area contributed by atoms with Crippen LogP contribution in [-0.4, -0.2) is 45.0 Å². The third kappa shape index (κ3) is 4.41. The zero-order chi connectivity index (χ0) is 22.8. The maximum Gasteiger partial charge on any atom is 0.262 e. The molecule has 5 rings (SSSR count). The first kappa shape index (κ1) is 21.4. The van der Waals surface area contributed by atoms with Crippen LogP contribution in [0, 0.1) is 11.3 Å². The van der Waals surface area contributed by atoms with Gasteiger partial charge in [-0.3, -0.25) is 9.52 Å². The Bertz CT molecular complexity index is 1350. The Morgan fingerprint density at radius 1 is 1.24 bits per heavy atom. The molecule has 4 aromatic rings. The van der Waals surface area contributed by atoms with Crippen molar-refractivity contribution < 1.29 is 4.79 Å². The monoisotopic (exact) mass is 476 g/mol. The fourth-order valence-corrected chi connectivity index (χ4v) is 5.32. The van der Waals surface area contributed by atoms with Crippen molar-refractivity contribution in [1.82, 2.24) is 30.0 Å². The average Bonchev–Trinajstić information content (AvgIpc) is 3.50. The quantitative estimate of drug-likeness (QED) is 0.298. The third-order valence-corrected chi connectivity index (χ3v) is 7.37. The Kier molecular flexibility index (Phi) is 5.95. The molecule has 0 bridgehead atoms. The van der Waals surface area contributed by atoms with Crippen LogP contribution in [0.25, 0.3) is 21.6 Å². The molecule has 1 aliphatic carbocycles. The predicted molar refractivity (Wildman–Crippen MR) is 129 cm³/mol. The van der Waals surface area contributed by atoms with E-state index in [-0.39, 0.29) is 5.91 Å². The summed E-state index contributed by atoms with van der Waals surface area (Å²) in [6, 6.07) is 8.24. The minimum atomic E-state index is -0.149. The summed E-state index contributed by atoms with van der Waals surface area (Å²) in [6.07, 6.45) is 8.80. The number of carbonyl (C=O) groups excluding carboxylic acids is 1. The Morgan fingerprint density at radius 2 is 2.12 bits per heavy atom. The Balaban J connectivity index is 1.29. The van der Waals surface area contributed by atoms with Gasteiger partial charge >= 0.3 is 0 Å². The highest BCUT2D eigenvalue weighted by atomic mass is 32.2. The fraction of sp³-hybridized carbons (Fsp3) is 0.227. The van der Waals surface area contributed by atoms with E-state index in [4.69, 9.17) is 5.26 Å². The number of rotatable bonds is 7. The van der Waals surface area contributed by atoms with E-state index in [2.05, 4.69) is 41.4 Å². The van der Waals surface area contributed by atoms with E-state index in [1.807, 2.05) is 12.3 Å². The van der Waals surface area contributed by atoms with Gasteiger partial charge in [-0.1, -0.05) is 0 Å². The highest BCUT2D eigenvalue weighted by Gasteiger charge is 2.30. The lowest BCUT2D eigenvalue weighted by molar-refractivity contribution is 0.0967. The first-order valence-corrected chi connectivity index (χ1v) is 12.0. The number of nitrogens with one attached hydrogen (secondary N) is 4. The number of hydrogen-bond donors (Lipinski definition) is 4. The predicted octanol–water partition coefficient (Wildman–Crippen LogP) is 3.55. The molecule has 0 atom stereocenters. The molecule has 1 fully saturated rings. The number of thiazole rings is 1. The van der Waals surface area contributed by atoms with E-state index in [0.29, 0.717) is 22.5 Å². The van der Waals surface area contributed by atoms with Crippen LogP contribution in [0.3, 0.4) is 0 Å². The summed E-state index contributed by atoms with van der Waals surface area (Å²) in [5, 5.41) is 17.9. The molecule has 0 aromatic carbocycles. The first-order chi connectivity index (χ1) is 16.1.